The summed E-state index contributed by atoms with van der Waals surface area (Å²) in [6.07, 6.45) is 0. The van der Waals surface area contributed by atoms with Crippen LogP contribution in [0.15, 0.2) is 24.3 Å². The van der Waals surface area contributed by atoms with Gasteiger partial charge in [-0.05, 0) is 24.6 Å². The Hall–Kier alpha value is -1.46. The van der Waals surface area contributed by atoms with Crippen molar-refractivity contribution in [3.8, 4) is 0 Å². The van der Waals surface area contributed by atoms with Gasteiger partial charge in [-0.25, -0.2) is 4.39 Å². The average molecular weight is 266 g/mol. The van der Waals surface area contributed by atoms with Crippen molar-refractivity contribution >= 4 is 5.97 Å². The first-order valence-corrected chi connectivity index (χ1v) is 6.56. The van der Waals surface area contributed by atoms with Gasteiger partial charge in [-0.3, -0.25) is 9.69 Å². The maximum Gasteiger partial charge on any atom is 0.324 e. The van der Waals surface area contributed by atoms with Crippen LogP contribution >= 0.6 is 0 Å². The smallest absolute Gasteiger partial charge is 0.324 e. The number of hydrogen-bond acceptors (Lipinski definition) is 4. The molecule has 1 N–H and O–H groups in total. The van der Waals surface area contributed by atoms with E-state index in [0.717, 1.165) is 18.7 Å². The highest BCUT2D eigenvalue weighted by Gasteiger charge is 2.29. The van der Waals surface area contributed by atoms with E-state index in [1.807, 2.05) is 0 Å². The number of benzene rings is 1. The fourth-order valence-corrected chi connectivity index (χ4v) is 2.23. The minimum Gasteiger partial charge on any atom is -0.465 e. The van der Waals surface area contributed by atoms with E-state index in [-0.39, 0.29) is 17.8 Å². The number of piperazine rings is 1. The zero-order valence-corrected chi connectivity index (χ0v) is 11.1. The molecule has 1 atom stereocenters. The minimum atomic E-state index is -0.265. The molecule has 0 radical (unpaired) electrons. The number of carbonyl (C=O) groups is 1. The summed E-state index contributed by atoms with van der Waals surface area (Å²) >= 11 is 0. The minimum absolute atomic E-state index is 0.197. The van der Waals surface area contributed by atoms with Crippen LogP contribution < -0.4 is 5.32 Å². The quantitative estimate of drug-likeness (QED) is 0.831. The summed E-state index contributed by atoms with van der Waals surface area (Å²) < 4.78 is 18.0. The van der Waals surface area contributed by atoms with Crippen LogP contribution in [0.2, 0.25) is 0 Å². The van der Waals surface area contributed by atoms with Crippen molar-refractivity contribution in [1.82, 2.24) is 10.2 Å². The zero-order valence-electron chi connectivity index (χ0n) is 11.1. The largest absolute Gasteiger partial charge is 0.465 e. The number of ether oxygens (including phenoxy) is 1. The zero-order chi connectivity index (χ0) is 13.7. The van der Waals surface area contributed by atoms with Crippen molar-refractivity contribution in [1.29, 1.82) is 0 Å². The highest BCUT2D eigenvalue weighted by molar-refractivity contribution is 5.76. The third kappa shape index (κ3) is 3.75. The fraction of sp³-hybridized carbons (Fsp3) is 0.500. The lowest BCUT2D eigenvalue weighted by atomic mass is 10.1. The Morgan fingerprint density at radius 3 is 2.89 bits per heavy atom. The molecule has 0 spiro atoms. The lowest BCUT2D eigenvalue weighted by Crippen LogP contribution is -2.54. The second-order valence-corrected chi connectivity index (χ2v) is 4.57. The molecule has 1 aliphatic heterocycles. The molecule has 104 valence electrons. The van der Waals surface area contributed by atoms with Crippen LogP contribution in [0, 0.1) is 5.82 Å². The second-order valence-electron chi connectivity index (χ2n) is 4.57. The Labute approximate surface area is 112 Å². The van der Waals surface area contributed by atoms with Crippen LogP contribution in [0.1, 0.15) is 12.5 Å². The maximum atomic E-state index is 12.9. The number of esters is 1. The summed E-state index contributed by atoms with van der Waals surface area (Å²) in [5, 5.41) is 3.20. The first-order chi connectivity index (χ1) is 9.20. The second kappa shape index (κ2) is 6.63. The van der Waals surface area contributed by atoms with E-state index in [0.29, 0.717) is 19.7 Å². The van der Waals surface area contributed by atoms with E-state index in [9.17, 15) is 9.18 Å². The van der Waals surface area contributed by atoms with Gasteiger partial charge in [-0.15, -0.1) is 0 Å². The highest BCUT2D eigenvalue weighted by Crippen LogP contribution is 2.12. The Bertz CT molecular complexity index is 422. The molecule has 1 aliphatic rings. The summed E-state index contributed by atoms with van der Waals surface area (Å²) in [6, 6.07) is 6.12. The van der Waals surface area contributed by atoms with Gasteiger partial charge in [0.1, 0.15) is 11.9 Å². The molecule has 0 aliphatic carbocycles. The number of halogens is 1. The summed E-state index contributed by atoms with van der Waals surface area (Å²) in [5.41, 5.74) is 0.998. The van der Waals surface area contributed by atoms with Crippen LogP contribution in [-0.2, 0) is 16.1 Å². The lowest BCUT2D eigenvalue weighted by Gasteiger charge is -2.34. The van der Waals surface area contributed by atoms with Crippen molar-refractivity contribution in [2.75, 3.05) is 26.2 Å². The number of nitrogens with one attached hydrogen (secondary N) is 1. The molecule has 4 nitrogen and oxygen atoms in total. The molecule has 1 unspecified atom stereocenters. The number of carbonyl (C=O) groups excluding carboxylic acids is 1. The lowest BCUT2D eigenvalue weighted by molar-refractivity contribution is -0.150. The Morgan fingerprint density at radius 1 is 1.47 bits per heavy atom. The third-order valence-electron chi connectivity index (χ3n) is 3.21. The third-order valence-corrected chi connectivity index (χ3v) is 3.21. The molecule has 2 rings (SSSR count). The van der Waals surface area contributed by atoms with Crippen molar-refractivity contribution in [2.45, 2.75) is 19.5 Å². The Morgan fingerprint density at radius 2 is 2.21 bits per heavy atom. The summed E-state index contributed by atoms with van der Waals surface area (Å²) in [7, 11) is 0. The van der Waals surface area contributed by atoms with Gasteiger partial charge in [0, 0.05) is 26.2 Å². The van der Waals surface area contributed by atoms with Gasteiger partial charge in [-0.2, -0.15) is 0 Å². The number of nitrogens with zero attached hydrogens (tertiary/aromatic N) is 1. The van der Waals surface area contributed by atoms with E-state index in [1.165, 1.54) is 12.1 Å². The summed E-state index contributed by atoms with van der Waals surface area (Å²) in [6.45, 7) is 5.04. The molecular weight excluding hydrogens is 247 g/mol. The summed E-state index contributed by atoms with van der Waals surface area (Å²) in [4.78, 5) is 14.0. The number of rotatable bonds is 4. The maximum absolute atomic E-state index is 12.9. The predicted molar refractivity (Wildman–Crippen MR) is 70.1 cm³/mol. The van der Waals surface area contributed by atoms with Gasteiger partial charge in [0.25, 0.3) is 0 Å². The normalized spacial score (nSPS) is 20.2. The van der Waals surface area contributed by atoms with Crippen LogP contribution in [0.3, 0.4) is 0 Å². The van der Waals surface area contributed by atoms with Crippen LogP contribution in [0.4, 0.5) is 4.39 Å². The standard InChI is InChI=1S/C14H19FN2O2/c1-2-19-14(18)13-9-16-7-8-17(13)10-11-3-5-12(15)6-4-11/h3-6,13,16H,2,7-10H2,1H3. The van der Waals surface area contributed by atoms with E-state index < -0.39 is 0 Å². The van der Waals surface area contributed by atoms with Gasteiger partial charge in [0.05, 0.1) is 6.61 Å². The van der Waals surface area contributed by atoms with Gasteiger partial charge < -0.3 is 10.1 Å². The molecule has 1 heterocycles. The van der Waals surface area contributed by atoms with Crippen LogP contribution in [0.5, 0.6) is 0 Å². The van der Waals surface area contributed by atoms with E-state index in [4.69, 9.17) is 4.74 Å². The van der Waals surface area contributed by atoms with E-state index in [1.54, 1.807) is 19.1 Å². The molecule has 0 saturated carbocycles. The summed E-state index contributed by atoms with van der Waals surface area (Å²) in [5.74, 6) is -0.442. The fourth-order valence-electron chi connectivity index (χ4n) is 2.23. The monoisotopic (exact) mass is 266 g/mol. The SMILES string of the molecule is CCOC(=O)C1CNCCN1Cc1ccc(F)cc1. The van der Waals surface area contributed by atoms with Gasteiger partial charge in [0.15, 0.2) is 0 Å². The van der Waals surface area contributed by atoms with Crippen LogP contribution in [0.25, 0.3) is 0 Å². The molecule has 0 amide bonds. The average Bonchev–Trinajstić information content (AvgIpc) is 2.42. The molecule has 1 aromatic carbocycles. The Balaban J connectivity index is 2.03. The van der Waals surface area contributed by atoms with E-state index >= 15 is 0 Å². The first kappa shape index (κ1) is 14.0. The molecule has 19 heavy (non-hydrogen) atoms. The molecule has 1 aromatic rings. The first-order valence-electron chi connectivity index (χ1n) is 6.56. The van der Waals surface area contributed by atoms with Crippen molar-refractivity contribution < 1.29 is 13.9 Å². The van der Waals surface area contributed by atoms with Gasteiger partial charge >= 0.3 is 5.97 Å². The molecule has 0 aromatic heterocycles. The Kier molecular flexibility index (Phi) is 4.87. The van der Waals surface area contributed by atoms with Crippen molar-refractivity contribution in [3.05, 3.63) is 35.6 Å². The van der Waals surface area contributed by atoms with Gasteiger partial charge in [-0.1, -0.05) is 12.1 Å². The van der Waals surface area contributed by atoms with Crippen LogP contribution in [-0.4, -0.2) is 43.2 Å². The molecule has 1 fully saturated rings. The molecular formula is C14H19FN2O2. The van der Waals surface area contributed by atoms with Gasteiger partial charge in [0.2, 0.25) is 0 Å². The van der Waals surface area contributed by atoms with E-state index in [2.05, 4.69) is 10.2 Å². The molecule has 1 saturated heterocycles. The molecule has 5 heteroatoms. The predicted octanol–water partition coefficient (Wildman–Crippen LogP) is 1.16. The molecule has 0 bridgehead atoms. The number of hydrogen-bond donors (Lipinski definition) is 1. The topological polar surface area (TPSA) is 41.6 Å². The highest BCUT2D eigenvalue weighted by atomic mass is 19.1. The van der Waals surface area contributed by atoms with Crippen molar-refractivity contribution in [2.24, 2.45) is 0 Å². The van der Waals surface area contributed by atoms with Crippen molar-refractivity contribution in [3.63, 3.8) is 0 Å².